The van der Waals surface area contributed by atoms with Crippen molar-refractivity contribution in [1.29, 1.82) is 0 Å². The average Bonchev–Trinajstić information content (AvgIpc) is 2.63. The number of thioether (sulfide) groups is 1. The van der Waals surface area contributed by atoms with Crippen molar-refractivity contribution in [1.82, 2.24) is 0 Å². The molecule has 0 amide bonds. The highest BCUT2D eigenvalue weighted by Crippen LogP contribution is 2.37. The molecule has 1 fully saturated rings. The van der Waals surface area contributed by atoms with Gasteiger partial charge in [0.15, 0.2) is 11.0 Å². The van der Waals surface area contributed by atoms with Gasteiger partial charge in [0.1, 0.15) is 11.9 Å². The van der Waals surface area contributed by atoms with Gasteiger partial charge < -0.3 is 9.84 Å². The summed E-state index contributed by atoms with van der Waals surface area (Å²) in [5, 5.41) is 8.56. The zero-order chi connectivity index (χ0) is 21.2. The molecule has 1 saturated heterocycles. The number of Topliss-reactive ketones (excluding diaryl/α,β-unsaturated/α-hetero) is 1. The molecular formula is C24H28O4S. The summed E-state index contributed by atoms with van der Waals surface area (Å²) >= 11 is 1.31. The summed E-state index contributed by atoms with van der Waals surface area (Å²) in [6, 6.07) is 13.1. The van der Waals surface area contributed by atoms with Gasteiger partial charge in [0.05, 0.1) is 0 Å². The molecule has 5 heteroatoms. The van der Waals surface area contributed by atoms with Gasteiger partial charge in [-0.15, -0.1) is 11.8 Å². The van der Waals surface area contributed by atoms with Crippen molar-refractivity contribution in [2.75, 3.05) is 0 Å². The van der Waals surface area contributed by atoms with Gasteiger partial charge in [-0.25, -0.2) is 0 Å². The van der Waals surface area contributed by atoms with E-state index in [1.807, 2.05) is 25.1 Å². The smallest absolute Gasteiger partial charge is 0.327 e. The van der Waals surface area contributed by atoms with Crippen LogP contribution in [0.4, 0.5) is 0 Å². The normalized spacial score (nSPS) is 19.9. The van der Waals surface area contributed by atoms with E-state index < -0.39 is 11.2 Å². The van der Waals surface area contributed by atoms with Crippen LogP contribution in [0.5, 0.6) is 5.75 Å². The van der Waals surface area contributed by atoms with E-state index in [0.29, 0.717) is 12.8 Å². The summed E-state index contributed by atoms with van der Waals surface area (Å²) in [5.41, 5.74) is 3.19. The largest absolute Gasteiger partial charge is 0.508 e. The van der Waals surface area contributed by atoms with Crippen LogP contribution in [0.2, 0.25) is 0 Å². The first-order valence-electron chi connectivity index (χ1n) is 9.92. The average molecular weight is 413 g/mol. The van der Waals surface area contributed by atoms with Gasteiger partial charge in [0.2, 0.25) is 0 Å². The number of benzene rings is 2. The topological polar surface area (TPSA) is 63.6 Å². The highest BCUT2D eigenvalue weighted by atomic mass is 32.2. The predicted octanol–water partition coefficient (Wildman–Crippen LogP) is 4.98. The van der Waals surface area contributed by atoms with Crippen molar-refractivity contribution in [2.24, 2.45) is 0 Å². The summed E-state index contributed by atoms with van der Waals surface area (Å²) in [6.45, 7) is 8.39. The Kier molecular flexibility index (Phi) is 6.37. The summed E-state index contributed by atoms with van der Waals surface area (Å²) in [6.07, 6.45) is 1.14. The Hall–Kier alpha value is -2.27. The van der Waals surface area contributed by atoms with E-state index in [1.165, 1.54) is 11.8 Å². The van der Waals surface area contributed by atoms with Gasteiger partial charge in [0, 0.05) is 11.3 Å². The van der Waals surface area contributed by atoms with Crippen LogP contribution >= 0.6 is 11.8 Å². The highest BCUT2D eigenvalue weighted by molar-refractivity contribution is 8.01. The highest BCUT2D eigenvalue weighted by Gasteiger charge is 2.38. The van der Waals surface area contributed by atoms with Gasteiger partial charge in [-0.2, -0.15) is 0 Å². The van der Waals surface area contributed by atoms with Crippen molar-refractivity contribution in [3.05, 3.63) is 59.2 Å². The summed E-state index contributed by atoms with van der Waals surface area (Å²) in [7, 11) is 0. The number of carbonyl (C=O) groups is 2. The monoisotopic (exact) mass is 412 g/mol. The van der Waals surface area contributed by atoms with Gasteiger partial charge in [-0.3, -0.25) is 9.59 Å². The molecule has 0 bridgehead atoms. The van der Waals surface area contributed by atoms with Crippen molar-refractivity contribution < 1.29 is 19.4 Å². The van der Waals surface area contributed by atoms with E-state index in [2.05, 4.69) is 32.9 Å². The Bertz CT molecular complexity index is 878. The number of aryl methyl sites for hydroxylation is 2. The fraction of sp³-hybridized carbons (Fsp3) is 0.417. The molecule has 0 radical (unpaired) electrons. The van der Waals surface area contributed by atoms with Crippen LogP contribution in [0, 0.1) is 6.92 Å². The molecule has 0 saturated carbocycles. The van der Waals surface area contributed by atoms with Crippen LogP contribution in [-0.4, -0.2) is 28.2 Å². The number of rotatable bonds is 5. The van der Waals surface area contributed by atoms with Crippen molar-refractivity contribution in [3.63, 3.8) is 0 Å². The fourth-order valence-electron chi connectivity index (χ4n) is 3.47. The lowest BCUT2D eigenvalue weighted by molar-refractivity contribution is -0.157. The number of phenols is 1. The summed E-state index contributed by atoms with van der Waals surface area (Å²) < 4.78 is 5.61. The van der Waals surface area contributed by atoms with Gasteiger partial charge in [-0.05, 0) is 60.1 Å². The third-order valence-electron chi connectivity index (χ3n) is 5.10. The molecule has 2 aromatic carbocycles. The maximum absolute atomic E-state index is 12.8. The number of ether oxygens (including phenoxy) is 1. The lowest BCUT2D eigenvalue weighted by Crippen LogP contribution is -2.40. The van der Waals surface area contributed by atoms with Crippen LogP contribution < -0.4 is 0 Å². The molecule has 29 heavy (non-hydrogen) atoms. The van der Waals surface area contributed by atoms with E-state index in [0.717, 1.165) is 21.6 Å². The Morgan fingerprint density at radius 2 is 1.79 bits per heavy atom. The maximum atomic E-state index is 12.8. The lowest BCUT2D eigenvalue weighted by Gasteiger charge is -2.29. The van der Waals surface area contributed by atoms with Crippen LogP contribution in [0.15, 0.2) is 47.4 Å². The molecule has 1 heterocycles. The minimum Gasteiger partial charge on any atom is -0.508 e. The molecule has 1 N–H and O–H groups in total. The molecule has 1 aliphatic heterocycles. The van der Waals surface area contributed by atoms with Crippen LogP contribution in [0.1, 0.15) is 50.3 Å². The molecule has 1 aliphatic rings. The van der Waals surface area contributed by atoms with Crippen LogP contribution in [0.3, 0.4) is 0 Å². The van der Waals surface area contributed by atoms with Gasteiger partial charge in [-0.1, -0.05) is 45.0 Å². The molecule has 4 nitrogen and oxygen atoms in total. The molecular weight excluding hydrogens is 384 g/mol. The molecule has 2 unspecified atom stereocenters. The first kappa shape index (κ1) is 21.4. The van der Waals surface area contributed by atoms with E-state index in [9.17, 15) is 14.7 Å². The maximum Gasteiger partial charge on any atom is 0.327 e. The van der Waals surface area contributed by atoms with E-state index in [4.69, 9.17) is 4.74 Å². The van der Waals surface area contributed by atoms with E-state index in [1.54, 1.807) is 12.1 Å². The lowest BCUT2D eigenvalue weighted by atomic mass is 9.86. The number of phenolic OH excluding ortho intramolecular Hbond substituents is 1. The van der Waals surface area contributed by atoms with Crippen LogP contribution in [-0.2, 0) is 26.2 Å². The molecule has 154 valence electrons. The first-order chi connectivity index (χ1) is 13.6. The number of ketones is 1. The Morgan fingerprint density at radius 3 is 2.41 bits per heavy atom. The molecule has 0 aliphatic carbocycles. The molecule has 2 atom stereocenters. The number of aromatic hydroxyl groups is 1. The quantitative estimate of drug-likeness (QED) is 0.554. The minimum absolute atomic E-state index is 0.0664. The number of hydrogen-bond donors (Lipinski definition) is 1. The summed E-state index contributed by atoms with van der Waals surface area (Å²) in [5.74, 6) is -0.287. The summed E-state index contributed by atoms with van der Waals surface area (Å²) in [4.78, 5) is 26.4. The molecule has 2 aromatic rings. The first-order valence-corrected chi connectivity index (χ1v) is 10.8. The Balaban J connectivity index is 1.67. The number of cyclic esters (lactones) is 1. The predicted molar refractivity (Wildman–Crippen MR) is 115 cm³/mol. The van der Waals surface area contributed by atoms with Crippen molar-refractivity contribution in [2.45, 2.75) is 68.6 Å². The molecule has 3 rings (SSSR count). The second-order valence-corrected chi connectivity index (χ2v) is 9.83. The molecule has 0 spiro atoms. The van der Waals surface area contributed by atoms with E-state index in [-0.39, 0.29) is 29.5 Å². The fourth-order valence-corrected chi connectivity index (χ4v) is 4.86. The molecule has 0 aromatic heterocycles. The number of carbonyl (C=O) groups excluding carboxylic acids is 2. The van der Waals surface area contributed by atoms with Gasteiger partial charge >= 0.3 is 5.97 Å². The second kappa shape index (κ2) is 8.62. The SMILES string of the molecule is Cc1ccc(C(C)(C)C)c(SC2C(=O)CC(CCc3ccc(O)cc3)OC2=O)c1. The Labute approximate surface area is 176 Å². The second-order valence-electron chi connectivity index (χ2n) is 8.68. The van der Waals surface area contributed by atoms with Gasteiger partial charge in [0.25, 0.3) is 0 Å². The Morgan fingerprint density at radius 1 is 1.10 bits per heavy atom. The zero-order valence-electron chi connectivity index (χ0n) is 17.4. The zero-order valence-corrected chi connectivity index (χ0v) is 18.2. The number of esters is 1. The number of hydrogen-bond acceptors (Lipinski definition) is 5. The van der Waals surface area contributed by atoms with Crippen molar-refractivity contribution in [3.8, 4) is 5.75 Å². The third kappa shape index (κ3) is 5.41. The van der Waals surface area contributed by atoms with E-state index >= 15 is 0 Å². The standard InChI is InChI=1S/C24H28O4S/c1-15-5-12-19(24(2,3)4)21(13-15)29-22-20(26)14-18(28-23(22)27)11-8-16-6-9-17(25)10-7-16/h5-7,9-10,12-13,18,22,25H,8,11,14H2,1-4H3. The van der Waals surface area contributed by atoms with Crippen LogP contribution in [0.25, 0.3) is 0 Å². The minimum atomic E-state index is -0.803. The van der Waals surface area contributed by atoms with Crippen molar-refractivity contribution >= 4 is 23.5 Å². The third-order valence-corrected chi connectivity index (χ3v) is 6.38.